The Morgan fingerprint density at radius 1 is 1.32 bits per heavy atom. The SMILES string of the molecule is C#CCN(CC(=O)O)C(=O)N(CC)c1ccccc1. The van der Waals surface area contributed by atoms with E-state index in [1.165, 1.54) is 4.90 Å². The molecule has 1 aromatic carbocycles. The number of carboxylic acid groups (broad SMARTS) is 1. The van der Waals surface area contributed by atoms with Gasteiger partial charge in [0.15, 0.2) is 0 Å². The Kier molecular flexibility index (Phi) is 5.42. The van der Waals surface area contributed by atoms with Crippen LogP contribution < -0.4 is 4.90 Å². The third kappa shape index (κ3) is 4.03. The van der Waals surface area contributed by atoms with Gasteiger partial charge < -0.3 is 10.0 Å². The molecule has 0 aliphatic carbocycles. The lowest BCUT2D eigenvalue weighted by Crippen LogP contribution is -2.45. The fourth-order valence-corrected chi connectivity index (χ4v) is 1.67. The third-order valence-corrected chi connectivity index (χ3v) is 2.49. The van der Waals surface area contributed by atoms with Gasteiger partial charge in [0.1, 0.15) is 6.54 Å². The van der Waals surface area contributed by atoms with Crippen LogP contribution in [0.4, 0.5) is 10.5 Å². The van der Waals surface area contributed by atoms with Gasteiger partial charge in [-0.1, -0.05) is 24.1 Å². The van der Waals surface area contributed by atoms with Gasteiger partial charge in [-0.3, -0.25) is 9.69 Å². The maximum Gasteiger partial charge on any atom is 0.325 e. The normalized spacial score (nSPS) is 9.47. The van der Waals surface area contributed by atoms with E-state index >= 15 is 0 Å². The maximum absolute atomic E-state index is 12.3. The van der Waals surface area contributed by atoms with Crippen molar-refractivity contribution in [2.75, 3.05) is 24.5 Å². The number of anilines is 1. The van der Waals surface area contributed by atoms with Crippen molar-refractivity contribution in [3.63, 3.8) is 0 Å². The Hall–Kier alpha value is -2.48. The van der Waals surface area contributed by atoms with Crippen molar-refractivity contribution in [3.05, 3.63) is 30.3 Å². The zero-order valence-electron chi connectivity index (χ0n) is 10.7. The zero-order chi connectivity index (χ0) is 14.3. The molecule has 2 amide bonds. The standard InChI is InChI=1S/C14H16N2O3/c1-3-10-15(11-13(17)18)14(19)16(4-2)12-8-6-5-7-9-12/h1,5-9H,4,10-11H2,2H3,(H,17,18). The predicted octanol–water partition coefficient (Wildman–Crippen LogP) is 1.65. The van der Waals surface area contributed by atoms with Gasteiger partial charge in [-0.25, -0.2) is 4.79 Å². The molecule has 0 unspecified atom stereocenters. The molecule has 0 saturated heterocycles. The number of urea groups is 1. The molecule has 19 heavy (non-hydrogen) atoms. The molecule has 100 valence electrons. The fourth-order valence-electron chi connectivity index (χ4n) is 1.67. The Morgan fingerprint density at radius 2 is 1.95 bits per heavy atom. The third-order valence-electron chi connectivity index (χ3n) is 2.49. The summed E-state index contributed by atoms with van der Waals surface area (Å²) in [5, 5.41) is 8.80. The molecule has 0 aromatic heterocycles. The highest BCUT2D eigenvalue weighted by Gasteiger charge is 2.22. The molecule has 5 nitrogen and oxygen atoms in total. The van der Waals surface area contributed by atoms with Crippen molar-refractivity contribution in [2.24, 2.45) is 0 Å². The molecule has 0 saturated carbocycles. The first-order chi connectivity index (χ1) is 9.10. The van der Waals surface area contributed by atoms with E-state index in [2.05, 4.69) is 5.92 Å². The fraction of sp³-hybridized carbons (Fsp3) is 0.286. The maximum atomic E-state index is 12.3. The summed E-state index contributed by atoms with van der Waals surface area (Å²) in [4.78, 5) is 25.7. The number of hydrogen-bond acceptors (Lipinski definition) is 2. The number of aliphatic carboxylic acids is 1. The molecular formula is C14H16N2O3. The van der Waals surface area contributed by atoms with Crippen LogP contribution >= 0.6 is 0 Å². The molecule has 0 spiro atoms. The minimum atomic E-state index is -1.09. The van der Waals surface area contributed by atoms with Crippen molar-refractivity contribution >= 4 is 17.7 Å². The van der Waals surface area contributed by atoms with Crippen LogP contribution in [0.2, 0.25) is 0 Å². The number of carbonyl (C=O) groups excluding carboxylic acids is 1. The van der Waals surface area contributed by atoms with Crippen LogP contribution in [0.3, 0.4) is 0 Å². The van der Waals surface area contributed by atoms with E-state index in [0.29, 0.717) is 12.2 Å². The molecule has 0 aliphatic heterocycles. The molecule has 0 heterocycles. The monoisotopic (exact) mass is 260 g/mol. The van der Waals surface area contributed by atoms with Crippen LogP contribution in [-0.2, 0) is 4.79 Å². The number of hydrogen-bond donors (Lipinski definition) is 1. The zero-order valence-corrected chi connectivity index (χ0v) is 10.7. The smallest absolute Gasteiger partial charge is 0.325 e. The first kappa shape index (κ1) is 14.6. The predicted molar refractivity (Wildman–Crippen MR) is 72.9 cm³/mol. The van der Waals surface area contributed by atoms with Crippen molar-refractivity contribution in [2.45, 2.75) is 6.92 Å². The summed E-state index contributed by atoms with van der Waals surface area (Å²) in [6, 6.07) is 8.64. The van der Waals surface area contributed by atoms with Crippen LogP contribution in [-0.4, -0.2) is 41.6 Å². The molecule has 0 atom stereocenters. The Bertz CT molecular complexity index is 479. The van der Waals surface area contributed by atoms with Crippen LogP contribution in [0, 0.1) is 12.3 Å². The molecule has 1 aromatic rings. The van der Waals surface area contributed by atoms with Crippen LogP contribution in [0.1, 0.15) is 6.92 Å². The average molecular weight is 260 g/mol. The molecule has 0 radical (unpaired) electrons. The summed E-state index contributed by atoms with van der Waals surface area (Å²) in [6.45, 7) is 1.81. The number of benzene rings is 1. The van der Waals surface area contributed by atoms with Gasteiger partial charge in [-0.2, -0.15) is 0 Å². The lowest BCUT2D eigenvalue weighted by Gasteiger charge is -2.27. The molecule has 0 fully saturated rings. The lowest BCUT2D eigenvalue weighted by atomic mass is 10.3. The van der Waals surface area contributed by atoms with E-state index in [1.54, 1.807) is 12.1 Å². The van der Waals surface area contributed by atoms with E-state index in [9.17, 15) is 9.59 Å². The second-order valence-corrected chi connectivity index (χ2v) is 3.82. The second-order valence-electron chi connectivity index (χ2n) is 3.82. The summed E-state index contributed by atoms with van der Waals surface area (Å²) >= 11 is 0. The van der Waals surface area contributed by atoms with Crippen molar-refractivity contribution in [1.82, 2.24) is 4.90 Å². The average Bonchev–Trinajstić information content (AvgIpc) is 2.39. The molecule has 1 rings (SSSR count). The minimum absolute atomic E-state index is 0.0333. The number of para-hydroxylation sites is 1. The van der Waals surface area contributed by atoms with E-state index in [0.717, 1.165) is 4.90 Å². The topological polar surface area (TPSA) is 60.9 Å². The van der Waals surface area contributed by atoms with E-state index in [1.807, 2.05) is 25.1 Å². The number of terminal acetylenes is 1. The van der Waals surface area contributed by atoms with E-state index in [4.69, 9.17) is 11.5 Å². The first-order valence-electron chi connectivity index (χ1n) is 5.86. The quantitative estimate of drug-likeness (QED) is 0.819. The lowest BCUT2D eigenvalue weighted by molar-refractivity contribution is -0.137. The Labute approximate surface area is 112 Å². The van der Waals surface area contributed by atoms with Crippen molar-refractivity contribution in [1.29, 1.82) is 0 Å². The first-order valence-corrected chi connectivity index (χ1v) is 5.86. The Balaban J connectivity index is 2.93. The summed E-state index contributed by atoms with van der Waals surface area (Å²) in [6.07, 6.45) is 5.17. The van der Waals surface area contributed by atoms with Gasteiger partial charge >= 0.3 is 12.0 Å². The van der Waals surface area contributed by atoms with E-state index < -0.39 is 18.5 Å². The van der Waals surface area contributed by atoms with Gasteiger partial charge in [0.05, 0.1) is 6.54 Å². The number of rotatable bonds is 5. The van der Waals surface area contributed by atoms with Crippen LogP contribution in [0.15, 0.2) is 30.3 Å². The van der Waals surface area contributed by atoms with Gasteiger partial charge in [-0.15, -0.1) is 6.42 Å². The van der Waals surface area contributed by atoms with Crippen LogP contribution in [0.5, 0.6) is 0 Å². The molecule has 1 N–H and O–H groups in total. The number of carboxylic acids is 1. The Morgan fingerprint density at radius 3 is 2.42 bits per heavy atom. The highest BCUT2D eigenvalue weighted by molar-refractivity contribution is 5.93. The van der Waals surface area contributed by atoms with Gasteiger partial charge in [-0.05, 0) is 19.1 Å². The number of amides is 2. The van der Waals surface area contributed by atoms with Gasteiger partial charge in [0.25, 0.3) is 0 Å². The summed E-state index contributed by atoms with van der Waals surface area (Å²) in [5.74, 6) is 1.21. The summed E-state index contributed by atoms with van der Waals surface area (Å²) in [7, 11) is 0. The van der Waals surface area contributed by atoms with Crippen molar-refractivity contribution < 1.29 is 14.7 Å². The minimum Gasteiger partial charge on any atom is -0.480 e. The molecule has 0 aliphatic rings. The van der Waals surface area contributed by atoms with Crippen molar-refractivity contribution in [3.8, 4) is 12.3 Å². The number of carbonyl (C=O) groups is 2. The van der Waals surface area contributed by atoms with Crippen LogP contribution in [0.25, 0.3) is 0 Å². The molecular weight excluding hydrogens is 244 g/mol. The number of nitrogens with zero attached hydrogens (tertiary/aromatic N) is 2. The molecule has 5 heteroatoms. The summed E-state index contributed by atoms with van der Waals surface area (Å²) < 4.78 is 0. The largest absolute Gasteiger partial charge is 0.480 e. The highest BCUT2D eigenvalue weighted by atomic mass is 16.4. The highest BCUT2D eigenvalue weighted by Crippen LogP contribution is 2.15. The summed E-state index contributed by atoms with van der Waals surface area (Å²) in [5.41, 5.74) is 0.711. The molecule has 0 bridgehead atoms. The second kappa shape index (κ2) is 7.07. The van der Waals surface area contributed by atoms with Gasteiger partial charge in [0, 0.05) is 12.2 Å². The van der Waals surface area contributed by atoms with Gasteiger partial charge in [0.2, 0.25) is 0 Å². The van der Waals surface area contributed by atoms with E-state index in [-0.39, 0.29) is 6.54 Å².